The topological polar surface area (TPSA) is 80.7 Å². The first kappa shape index (κ1) is 19.5. The molecule has 0 aliphatic heterocycles. The summed E-state index contributed by atoms with van der Waals surface area (Å²) in [4.78, 5) is 36.6. The highest BCUT2D eigenvalue weighted by Crippen LogP contribution is 2.33. The fraction of sp³-hybridized carbons (Fsp3) is 0.261. The van der Waals surface area contributed by atoms with Gasteiger partial charge in [0.15, 0.2) is 5.78 Å². The van der Waals surface area contributed by atoms with E-state index in [2.05, 4.69) is 0 Å². The standard InChI is InChI=1S/C23H22O5/c1-13-8-9-16(14(2)10-13)12-19-20(24)11-15(3)21(19)28-23(27)18-7-5-4-6-17(18)22(25)26/h4-10,12,15,21H,11H2,1-3H3,(H,25,26). The third-order valence-electron chi connectivity index (χ3n) is 5.00. The van der Waals surface area contributed by atoms with Crippen LogP contribution in [0.5, 0.6) is 0 Å². The number of carbonyl (C=O) groups excluding carboxylic acids is 2. The number of hydrogen-bond acceptors (Lipinski definition) is 4. The van der Waals surface area contributed by atoms with Gasteiger partial charge >= 0.3 is 11.9 Å². The lowest BCUT2D eigenvalue weighted by atomic mass is 10.00. The van der Waals surface area contributed by atoms with Crippen LogP contribution in [0.3, 0.4) is 0 Å². The first-order chi connectivity index (χ1) is 13.3. The van der Waals surface area contributed by atoms with Crippen molar-refractivity contribution in [2.24, 2.45) is 5.92 Å². The Morgan fingerprint density at radius 2 is 1.79 bits per heavy atom. The van der Waals surface area contributed by atoms with E-state index in [1.165, 1.54) is 12.1 Å². The number of rotatable bonds is 4. The first-order valence-electron chi connectivity index (χ1n) is 9.13. The smallest absolute Gasteiger partial charge is 0.339 e. The molecule has 28 heavy (non-hydrogen) atoms. The Bertz CT molecular complexity index is 986. The van der Waals surface area contributed by atoms with Crippen LogP contribution in [0.4, 0.5) is 0 Å². The lowest BCUT2D eigenvalue weighted by Gasteiger charge is -2.18. The molecule has 0 radical (unpaired) electrons. The van der Waals surface area contributed by atoms with Gasteiger partial charge < -0.3 is 9.84 Å². The molecule has 0 aromatic heterocycles. The molecule has 5 nitrogen and oxygen atoms in total. The summed E-state index contributed by atoms with van der Waals surface area (Å²) in [6.45, 7) is 5.81. The van der Waals surface area contributed by atoms with Crippen LogP contribution in [0.1, 0.15) is 50.8 Å². The average Bonchev–Trinajstić information content (AvgIpc) is 2.90. The largest absolute Gasteiger partial charge is 0.478 e. The van der Waals surface area contributed by atoms with Gasteiger partial charge in [0, 0.05) is 17.9 Å². The van der Waals surface area contributed by atoms with Gasteiger partial charge in [-0.1, -0.05) is 42.8 Å². The number of ether oxygens (including phenoxy) is 1. The fourth-order valence-electron chi connectivity index (χ4n) is 3.51. The van der Waals surface area contributed by atoms with Gasteiger partial charge in [-0.15, -0.1) is 0 Å². The molecule has 2 aromatic carbocycles. The van der Waals surface area contributed by atoms with Crippen molar-refractivity contribution in [2.75, 3.05) is 0 Å². The highest BCUT2D eigenvalue weighted by Gasteiger charge is 2.38. The quantitative estimate of drug-likeness (QED) is 0.636. The van der Waals surface area contributed by atoms with Crippen LogP contribution in [0.15, 0.2) is 48.0 Å². The number of aryl methyl sites for hydroxylation is 2. The van der Waals surface area contributed by atoms with Gasteiger partial charge in [0.05, 0.1) is 11.1 Å². The maximum atomic E-state index is 12.7. The summed E-state index contributed by atoms with van der Waals surface area (Å²) in [6.07, 6.45) is 1.36. The molecular formula is C23H22O5. The number of aromatic carboxylic acids is 1. The van der Waals surface area contributed by atoms with Gasteiger partial charge in [0.25, 0.3) is 0 Å². The molecule has 2 atom stereocenters. The number of benzene rings is 2. The molecule has 0 saturated heterocycles. The zero-order chi connectivity index (χ0) is 20.4. The predicted molar refractivity (Wildman–Crippen MR) is 105 cm³/mol. The van der Waals surface area contributed by atoms with Crippen LogP contribution in [0, 0.1) is 19.8 Å². The number of Topliss-reactive ketones (excluding diaryl/α,β-unsaturated/α-hetero) is 1. The SMILES string of the molecule is Cc1ccc(C=C2C(=O)CC(C)C2OC(=O)c2ccccc2C(=O)O)c(C)c1. The van der Waals surface area contributed by atoms with E-state index >= 15 is 0 Å². The van der Waals surface area contributed by atoms with Gasteiger partial charge in [-0.25, -0.2) is 9.59 Å². The number of esters is 1. The number of carbonyl (C=O) groups is 3. The molecular weight excluding hydrogens is 356 g/mol. The molecule has 1 fully saturated rings. The van der Waals surface area contributed by atoms with E-state index in [-0.39, 0.29) is 29.2 Å². The zero-order valence-corrected chi connectivity index (χ0v) is 16.1. The van der Waals surface area contributed by atoms with Crippen molar-refractivity contribution >= 4 is 23.8 Å². The monoisotopic (exact) mass is 378 g/mol. The van der Waals surface area contributed by atoms with E-state index in [4.69, 9.17) is 4.74 Å². The highest BCUT2D eigenvalue weighted by atomic mass is 16.5. The minimum Gasteiger partial charge on any atom is -0.478 e. The predicted octanol–water partition coefficient (Wildman–Crippen LogP) is 4.22. The lowest BCUT2D eigenvalue weighted by Crippen LogP contribution is -2.24. The molecule has 5 heteroatoms. The van der Waals surface area contributed by atoms with Gasteiger partial charge in [0.2, 0.25) is 0 Å². The number of carboxylic acid groups (broad SMARTS) is 1. The molecule has 1 aliphatic rings. The molecule has 1 aliphatic carbocycles. The van der Waals surface area contributed by atoms with E-state index in [1.54, 1.807) is 18.2 Å². The molecule has 3 rings (SSSR count). The maximum Gasteiger partial charge on any atom is 0.339 e. The summed E-state index contributed by atoms with van der Waals surface area (Å²) in [7, 11) is 0. The number of ketones is 1. The minimum absolute atomic E-state index is 0.0209. The zero-order valence-electron chi connectivity index (χ0n) is 16.1. The summed E-state index contributed by atoms with van der Waals surface area (Å²) >= 11 is 0. The van der Waals surface area contributed by atoms with Gasteiger partial charge in [-0.3, -0.25) is 4.79 Å². The van der Waals surface area contributed by atoms with Crippen molar-refractivity contribution in [3.05, 3.63) is 75.9 Å². The maximum absolute atomic E-state index is 12.7. The van der Waals surface area contributed by atoms with Crippen LogP contribution >= 0.6 is 0 Å². The second-order valence-electron chi connectivity index (χ2n) is 7.24. The Kier molecular flexibility index (Phi) is 5.45. The van der Waals surface area contributed by atoms with Crippen molar-refractivity contribution < 1.29 is 24.2 Å². The van der Waals surface area contributed by atoms with Crippen LogP contribution < -0.4 is 0 Å². The van der Waals surface area contributed by atoms with Crippen LogP contribution in [0.2, 0.25) is 0 Å². The third-order valence-corrected chi connectivity index (χ3v) is 5.00. The summed E-state index contributed by atoms with van der Waals surface area (Å²) in [5.74, 6) is -2.17. The molecule has 0 bridgehead atoms. The lowest BCUT2D eigenvalue weighted by molar-refractivity contribution is -0.114. The number of hydrogen-bond donors (Lipinski definition) is 1. The second kappa shape index (κ2) is 7.80. The van der Waals surface area contributed by atoms with Crippen LogP contribution in [-0.4, -0.2) is 28.9 Å². The second-order valence-corrected chi connectivity index (χ2v) is 7.24. The molecule has 2 aromatic rings. The first-order valence-corrected chi connectivity index (χ1v) is 9.13. The normalized spacial score (nSPS) is 20.4. The van der Waals surface area contributed by atoms with E-state index in [9.17, 15) is 19.5 Å². The van der Waals surface area contributed by atoms with Gasteiger partial charge in [-0.2, -0.15) is 0 Å². The number of carboxylic acids is 1. The molecule has 0 spiro atoms. The Balaban J connectivity index is 1.93. The van der Waals surface area contributed by atoms with E-state index in [1.807, 2.05) is 39.0 Å². The fourth-order valence-corrected chi connectivity index (χ4v) is 3.51. The van der Waals surface area contributed by atoms with Gasteiger partial charge in [-0.05, 0) is 43.2 Å². The molecule has 2 unspecified atom stereocenters. The minimum atomic E-state index is -1.20. The van der Waals surface area contributed by atoms with Gasteiger partial charge in [0.1, 0.15) is 6.10 Å². The van der Waals surface area contributed by atoms with Crippen molar-refractivity contribution in [3.8, 4) is 0 Å². The molecule has 1 N–H and O–H groups in total. The van der Waals surface area contributed by atoms with Crippen LogP contribution in [-0.2, 0) is 9.53 Å². The van der Waals surface area contributed by atoms with Crippen molar-refractivity contribution in [1.82, 2.24) is 0 Å². The Labute approximate surface area is 163 Å². The molecule has 1 saturated carbocycles. The summed E-state index contributed by atoms with van der Waals surface area (Å²) in [5.41, 5.74) is 3.35. The van der Waals surface area contributed by atoms with E-state index in [0.717, 1.165) is 16.7 Å². The highest BCUT2D eigenvalue weighted by molar-refractivity contribution is 6.05. The Morgan fingerprint density at radius 3 is 2.43 bits per heavy atom. The molecule has 0 amide bonds. The van der Waals surface area contributed by atoms with Crippen molar-refractivity contribution in [2.45, 2.75) is 33.3 Å². The third kappa shape index (κ3) is 3.88. The summed E-state index contributed by atoms with van der Waals surface area (Å²) in [6, 6.07) is 11.8. The average molecular weight is 378 g/mol. The molecule has 0 heterocycles. The van der Waals surface area contributed by atoms with Crippen molar-refractivity contribution in [1.29, 1.82) is 0 Å². The Hall–Kier alpha value is -3.21. The summed E-state index contributed by atoms with van der Waals surface area (Å²) in [5, 5.41) is 9.30. The van der Waals surface area contributed by atoms with Crippen molar-refractivity contribution in [3.63, 3.8) is 0 Å². The van der Waals surface area contributed by atoms with E-state index in [0.29, 0.717) is 5.57 Å². The summed E-state index contributed by atoms with van der Waals surface area (Å²) < 4.78 is 5.63. The Morgan fingerprint density at radius 1 is 1.11 bits per heavy atom. The van der Waals surface area contributed by atoms with E-state index < -0.39 is 18.0 Å². The van der Waals surface area contributed by atoms with Crippen LogP contribution in [0.25, 0.3) is 6.08 Å². The molecule has 144 valence electrons.